The van der Waals surface area contributed by atoms with Gasteiger partial charge in [-0.05, 0) is 30.5 Å². The zero-order chi connectivity index (χ0) is 13.5. The third-order valence-electron chi connectivity index (χ3n) is 3.61. The summed E-state index contributed by atoms with van der Waals surface area (Å²) in [5.74, 6) is 0.922. The lowest BCUT2D eigenvalue weighted by molar-refractivity contribution is 1.05. The summed E-state index contributed by atoms with van der Waals surface area (Å²) >= 11 is 0. The molecule has 20 heavy (non-hydrogen) atoms. The highest BCUT2D eigenvalue weighted by Gasteiger charge is 2.05. The van der Waals surface area contributed by atoms with Gasteiger partial charge in [-0.3, -0.25) is 9.55 Å². The highest BCUT2D eigenvalue weighted by Crippen LogP contribution is 2.21. The first kappa shape index (κ1) is 11.2. The zero-order valence-electron chi connectivity index (χ0n) is 11.1. The molecule has 1 aromatic carbocycles. The molecule has 0 N–H and O–H groups in total. The lowest BCUT2D eigenvalue weighted by Crippen LogP contribution is -1.95. The predicted molar refractivity (Wildman–Crippen MR) is 81.1 cm³/mol. The van der Waals surface area contributed by atoms with Crippen LogP contribution in [0.2, 0.25) is 0 Å². The Hall–Kier alpha value is -2.68. The van der Waals surface area contributed by atoms with Gasteiger partial charge in [0.15, 0.2) is 0 Å². The third kappa shape index (κ3) is 1.67. The van der Waals surface area contributed by atoms with E-state index in [0.717, 1.165) is 16.7 Å². The molecule has 96 valence electrons. The topological polar surface area (TPSA) is 30.7 Å². The summed E-state index contributed by atoms with van der Waals surface area (Å²) in [5, 5.41) is 3.54. The van der Waals surface area contributed by atoms with E-state index < -0.39 is 0 Å². The second-order valence-electron chi connectivity index (χ2n) is 5.01. The average Bonchev–Trinajstić information content (AvgIpc) is 2.90. The van der Waals surface area contributed by atoms with E-state index in [1.807, 2.05) is 30.9 Å². The average molecular weight is 259 g/mol. The van der Waals surface area contributed by atoms with E-state index in [1.54, 1.807) is 0 Å². The van der Waals surface area contributed by atoms with Crippen LogP contribution < -0.4 is 0 Å². The molecule has 0 unspecified atom stereocenters. The molecule has 0 bridgehead atoms. The van der Waals surface area contributed by atoms with Gasteiger partial charge in [-0.1, -0.05) is 23.8 Å². The largest absolute Gasteiger partial charge is 0.300 e. The van der Waals surface area contributed by atoms with E-state index in [9.17, 15) is 0 Å². The van der Waals surface area contributed by atoms with Gasteiger partial charge in [-0.2, -0.15) is 0 Å². The van der Waals surface area contributed by atoms with Crippen LogP contribution >= 0.6 is 0 Å². The third-order valence-corrected chi connectivity index (χ3v) is 3.61. The molecular formula is C17H13N3. The maximum atomic E-state index is 4.56. The standard InChI is InChI=1S/C17H13N3/c1-12-2-3-14-10-19-17(9-15(14)8-12)20-7-5-13-4-6-18-11-16(13)20/h2-11H,1H3. The minimum absolute atomic E-state index is 0.922. The van der Waals surface area contributed by atoms with Gasteiger partial charge in [0.05, 0.1) is 11.7 Å². The number of hydrogen-bond donors (Lipinski definition) is 0. The molecule has 0 aliphatic rings. The molecule has 0 saturated heterocycles. The molecular weight excluding hydrogens is 246 g/mol. The molecule has 3 aromatic heterocycles. The fourth-order valence-electron chi connectivity index (χ4n) is 2.55. The number of hydrogen-bond acceptors (Lipinski definition) is 2. The molecule has 0 radical (unpaired) electrons. The Labute approximate surface area is 116 Å². The van der Waals surface area contributed by atoms with Crippen molar-refractivity contribution in [2.75, 3.05) is 0 Å². The molecule has 3 nitrogen and oxygen atoms in total. The fourth-order valence-corrected chi connectivity index (χ4v) is 2.55. The minimum atomic E-state index is 0.922. The molecule has 0 aliphatic heterocycles. The maximum Gasteiger partial charge on any atom is 0.137 e. The Kier molecular flexibility index (Phi) is 2.33. The predicted octanol–water partition coefficient (Wildman–Crippen LogP) is 3.88. The first-order valence-corrected chi connectivity index (χ1v) is 6.59. The van der Waals surface area contributed by atoms with Gasteiger partial charge in [0.25, 0.3) is 0 Å². The van der Waals surface area contributed by atoms with Gasteiger partial charge >= 0.3 is 0 Å². The summed E-state index contributed by atoms with van der Waals surface area (Å²) in [6, 6.07) is 12.6. The Morgan fingerprint density at radius 2 is 1.85 bits per heavy atom. The van der Waals surface area contributed by atoms with Crippen LogP contribution in [0.3, 0.4) is 0 Å². The molecule has 0 spiro atoms. The van der Waals surface area contributed by atoms with Gasteiger partial charge in [-0.15, -0.1) is 0 Å². The number of rotatable bonds is 1. The summed E-state index contributed by atoms with van der Waals surface area (Å²) in [6.07, 6.45) is 7.64. The monoisotopic (exact) mass is 259 g/mol. The van der Waals surface area contributed by atoms with Gasteiger partial charge in [0.2, 0.25) is 0 Å². The maximum absolute atomic E-state index is 4.56. The number of aryl methyl sites for hydroxylation is 1. The van der Waals surface area contributed by atoms with Crippen molar-refractivity contribution in [2.24, 2.45) is 0 Å². The van der Waals surface area contributed by atoms with Crippen LogP contribution in [-0.4, -0.2) is 14.5 Å². The number of fused-ring (bicyclic) bond motifs is 2. The second-order valence-corrected chi connectivity index (χ2v) is 5.01. The summed E-state index contributed by atoms with van der Waals surface area (Å²) in [6.45, 7) is 2.11. The zero-order valence-corrected chi connectivity index (χ0v) is 11.1. The number of nitrogens with zero attached hydrogens (tertiary/aromatic N) is 3. The van der Waals surface area contributed by atoms with Gasteiger partial charge in [0.1, 0.15) is 5.82 Å². The Morgan fingerprint density at radius 3 is 2.80 bits per heavy atom. The first-order chi connectivity index (χ1) is 9.81. The Morgan fingerprint density at radius 1 is 0.900 bits per heavy atom. The summed E-state index contributed by atoms with van der Waals surface area (Å²) in [5.41, 5.74) is 2.33. The molecule has 3 heterocycles. The van der Waals surface area contributed by atoms with Crippen LogP contribution in [0.5, 0.6) is 0 Å². The number of pyridine rings is 2. The SMILES string of the molecule is Cc1ccc2cnc(-n3ccc4ccncc43)cc2c1. The molecule has 0 fully saturated rings. The quantitative estimate of drug-likeness (QED) is 0.519. The van der Waals surface area contributed by atoms with Crippen molar-refractivity contribution in [3.05, 3.63) is 66.7 Å². The van der Waals surface area contributed by atoms with Crippen molar-refractivity contribution < 1.29 is 0 Å². The molecule has 0 amide bonds. The van der Waals surface area contributed by atoms with Crippen molar-refractivity contribution in [2.45, 2.75) is 6.92 Å². The minimum Gasteiger partial charge on any atom is -0.300 e. The fraction of sp³-hybridized carbons (Fsp3) is 0.0588. The summed E-state index contributed by atoms with van der Waals surface area (Å²) < 4.78 is 2.07. The molecule has 0 aliphatic carbocycles. The van der Waals surface area contributed by atoms with Crippen LogP contribution in [0.4, 0.5) is 0 Å². The normalized spacial score (nSPS) is 11.2. The summed E-state index contributed by atoms with van der Waals surface area (Å²) in [7, 11) is 0. The number of benzene rings is 1. The summed E-state index contributed by atoms with van der Waals surface area (Å²) in [4.78, 5) is 8.76. The Balaban J connectivity index is 1.97. The second kappa shape index (κ2) is 4.17. The van der Waals surface area contributed by atoms with E-state index in [1.165, 1.54) is 16.3 Å². The van der Waals surface area contributed by atoms with E-state index in [4.69, 9.17) is 0 Å². The number of aromatic nitrogens is 3. The molecule has 3 heteroatoms. The molecule has 4 rings (SSSR count). The smallest absolute Gasteiger partial charge is 0.137 e. The highest BCUT2D eigenvalue weighted by molar-refractivity contribution is 5.85. The van der Waals surface area contributed by atoms with Crippen LogP contribution in [0.1, 0.15) is 5.56 Å². The van der Waals surface area contributed by atoms with E-state index in [-0.39, 0.29) is 0 Å². The van der Waals surface area contributed by atoms with E-state index in [0.29, 0.717) is 0 Å². The van der Waals surface area contributed by atoms with Crippen LogP contribution in [0.15, 0.2) is 61.2 Å². The Bertz CT molecular complexity index is 922. The van der Waals surface area contributed by atoms with Crippen molar-refractivity contribution in [3.8, 4) is 5.82 Å². The van der Waals surface area contributed by atoms with Gasteiger partial charge in [-0.25, -0.2) is 4.98 Å². The van der Waals surface area contributed by atoms with Crippen molar-refractivity contribution in [1.82, 2.24) is 14.5 Å². The molecule has 0 atom stereocenters. The molecule has 0 saturated carbocycles. The first-order valence-electron chi connectivity index (χ1n) is 6.59. The lowest BCUT2D eigenvalue weighted by Gasteiger charge is -2.06. The van der Waals surface area contributed by atoms with Crippen LogP contribution in [0, 0.1) is 6.92 Å². The van der Waals surface area contributed by atoms with E-state index >= 15 is 0 Å². The van der Waals surface area contributed by atoms with Crippen molar-refractivity contribution in [3.63, 3.8) is 0 Å². The van der Waals surface area contributed by atoms with Gasteiger partial charge < -0.3 is 0 Å². The van der Waals surface area contributed by atoms with Crippen molar-refractivity contribution >= 4 is 21.7 Å². The van der Waals surface area contributed by atoms with Crippen LogP contribution in [-0.2, 0) is 0 Å². The van der Waals surface area contributed by atoms with Gasteiger partial charge in [0, 0.05) is 29.4 Å². The van der Waals surface area contributed by atoms with Crippen molar-refractivity contribution in [1.29, 1.82) is 0 Å². The highest BCUT2D eigenvalue weighted by atomic mass is 15.1. The van der Waals surface area contributed by atoms with Crippen LogP contribution in [0.25, 0.3) is 27.5 Å². The lowest BCUT2D eigenvalue weighted by atomic mass is 10.1. The van der Waals surface area contributed by atoms with E-state index in [2.05, 4.69) is 51.8 Å². The molecule has 4 aromatic rings.